The second-order valence-electron chi connectivity index (χ2n) is 10.2. The molecule has 0 spiro atoms. The Morgan fingerprint density at radius 2 is 1.59 bits per heavy atom. The first kappa shape index (κ1) is 30.5. The Balaban J connectivity index is 1.69. The number of benzene rings is 3. The van der Waals surface area contributed by atoms with E-state index in [0.29, 0.717) is 17.0 Å². The normalized spacial score (nSPS) is 14.7. The number of nitrogens with one attached hydrogen (secondary N) is 1. The molecule has 1 fully saturated rings. The van der Waals surface area contributed by atoms with Crippen molar-refractivity contribution in [2.45, 2.75) is 69.0 Å². The highest BCUT2D eigenvalue weighted by Gasteiger charge is 2.34. The van der Waals surface area contributed by atoms with Gasteiger partial charge in [0, 0.05) is 17.6 Å². The highest BCUT2D eigenvalue weighted by atomic mass is 35.5. The van der Waals surface area contributed by atoms with Gasteiger partial charge in [0.25, 0.3) is 10.0 Å². The van der Waals surface area contributed by atoms with Crippen LogP contribution in [0.2, 0.25) is 5.02 Å². The molecule has 41 heavy (non-hydrogen) atoms. The molecule has 1 aliphatic rings. The Morgan fingerprint density at radius 1 is 0.951 bits per heavy atom. The lowest BCUT2D eigenvalue weighted by molar-refractivity contribution is -0.140. The zero-order valence-electron chi connectivity index (χ0n) is 23.0. The fourth-order valence-corrected chi connectivity index (χ4v) is 6.74. The molecule has 7 nitrogen and oxygen atoms in total. The van der Waals surface area contributed by atoms with Crippen molar-refractivity contribution in [3.05, 3.63) is 95.3 Å². The Morgan fingerprint density at radius 3 is 2.22 bits per heavy atom. The molecule has 1 N–H and O–H groups in total. The average Bonchev–Trinajstić information content (AvgIpc) is 2.97. The van der Waals surface area contributed by atoms with Crippen molar-refractivity contribution in [3.8, 4) is 0 Å². The minimum Gasteiger partial charge on any atom is -0.352 e. The Kier molecular flexibility index (Phi) is 10.4. The van der Waals surface area contributed by atoms with Gasteiger partial charge >= 0.3 is 0 Å². The fourth-order valence-electron chi connectivity index (χ4n) is 5.13. The molecule has 2 amide bonds. The molecule has 3 aromatic carbocycles. The first-order valence-electron chi connectivity index (χ1n) is 13.9. The van der Waals surface area contributed by atoms with Crippen LogP contribution in [0.4, 0.5) is 10.1 Å². The first-order chi connectivity index (χ1) is 19.7. The van der Waals surface area contributed by atoms with E-state index in [9.17, 15) is 22.4 Å². The predicted molar refractivity (Wildman–Crippen MR) is 158 cm³/mol. The summed E-state index contributed by atoms with van der Waals surface area (Å²) in [4.78, 5) is 28.9. The van der Waals surface area contributed by atoms with Gasteiger partial charge in [-0.05, 0) is 67.3 Å². The van der Waals surface area contributed by atoms with E-state index < -0.39 is 34.3 Å². The van der Waals surface area contributed by atoms with Crippen LogP contribution in [0.5, 0.6) is 0 Å². The van der Waals surface area contributed by atoms with Crippen molar-refractivity contribution < 1.29 is 22.4 Å². The molecule has 0 saturated heterocycles. The molecule has 10 heteroatoms. The number of hydrogen-bond donors (Lipinski definition) is 1. The first-order valence-corrected chi connectivity index (χ1v) is 15.7. The Labute approximate surface area is 246 Å². The number of sulfonamides is 1. The lowest BCUT2D eigenvalue weighted by Gasteiger charge is -2.34. The maximum Gasteiger partial charge on any atom is 0.264 e. The number of rotatable bonds is 11. The lowest BCUT2D eigenvalue weighted by Crippen LogP contribution is -2.54. The van der Waals surface area contributed by atoms with Gasteiger partial charge in [-0.15, -0.1) is 0 Å². The van der Waals surface area contributed by atoms with Crippen molar-refractivity contribution in [2.24, 2.45) is 0 Å². The van der Waals surface area contributed by atoms with Crippen molar-refractivity contribution in [3.63, 3.8) is 0 Å². The van der Waals surface area contributed by atoms with Gasteiger partial charge in [0.05, 0.1) is 10.6 Å². The molecule has 0 aromatic heterocycles. The highest BCUT2D eigenvalue weighted by Crippen LogP contribution is 2.26. The standard InChI is InChI=1S/C31H35ClFN3O4S/c1-2-29(31(38)34-25-12-5-3-6-13-25)35(21-23-11-9-10-16-28(23)32)30(37)22-36(26-14-7-4-8-15-26)41(39,40)27-19-17-24(33)18-20-27/h4,7-11,14-20,25,29H,2-3,5-6,12-13,21-22H2,1H3,(H,34,38)/t29-/m1/s1. The van der Waals surface area contributed by atoms with E-state index in [1.54, 1.807) is 54.6 Å². The zero-order valence-corrected chi connectivity index (χ0v) is 24.6. The SMILES string of the molecule is CC[C@H](C(=O)NC1CCCCC1)N(Cc1ccccc1Cl)C(=O)CN(c1ccccc1)S(=O)(=O)c1ccc(F)cc1. The van der Waals surface area contributed by atoms with E-state index in [0.717, 1.165) is 48.5 Å². The van der Waals surface area contributed by atoms with E-state index in [4.69, 9.17) is 11.6 Å². The third-order valence-corrected chi connectivity index (χ3v) is 9.52. The third kappa shape index (κ3) is 7.65. The smallest absolute Gasteiger partial charge is 0.264 e. The van der Waals surface area contributed by atoms with Crippen LogP contribution in [0.1, 0.15) is 51.0 Å². The van der Waals surface area contributed by atoms with Crippen molar-refractivity contribution in [2.75, 3.05) is 10.8 Å². The molecule has 0 unspecified atom stereocenters. The maximum absolute atomic E-state index is 14.1. The molecule has 218 valence electrons. The van der Waals surface area contributed by atoms with E-state index in [1.807, 2.05) is 6.92 Å². The molecule has 0 heterocycles. The molecule has 3 aromatic rings. The van der Waals surface area contributed by atoms with Crippen LogP contribution < -0.4 is 9.62 Å². The van der Waals surface area contributed by atoms with Crippen LogP contribution in [0.25, 0.3) is 0 Å². The summed E-state index contributed by atoms with van der Waals surface area (Å²) in [6.45, 7) is 1.28. The van der Waals surface area contributed by atoms with E-state index in [1.165, 1.54) is 17.0 Å². The summed E-state index contributed by atoms with van der Waals surface area (Å²) in [5, 5.41) is 3.56. The molecular formula is C31H35ClFN3O4S. The summed E-state index contributed by atoms with van der Waals surface area (Å²) >= 11 is 6.45. The summed E-state index contributed by atoms with van der Waals surface area (Å²) in [7, 11) is -4.26. The number of carbonyl (C=O) groups excluding carboxylic acids is 2. The molecule has 1 saturated carbocycles. The highest BCUT2D eigenvalue weighted by molar-refractivity contribution is 7.92. The van der Waals surface area contributed by atoms with Crippen molar-refractivity contribution in [1.82, 2.24) is 10.2 Å². The molecule has 0 bridgehead atoms. The predicted octanol–water partition coefficient (Wildman–Crippen LogP) is 5.93. The molecule has 1 atom stereocenters. The number of nitrogens with zero attached hydrogens (tertiary/aromatic N) is 2. The summed E-state index contributed by atoms with van der Waals surface area (Å²) in [5.74, 6) is -1.41. The van der Waals surface area contributed by atoms with Crippen molar-refractivity contribution >= 4 is 39.1 Å². The van der Waals surface area contributed by atoms with Crippen LogP contribution in [0.3, 0.4) is 0 Å². The Hall–Kier alpha value is -3.43. The lowest BCUT2D eigenvalue weighted by atomic mass is 9.95. The second kappa shape index (κ2) is 14.0. The second-order valence-corrected chi connectivity index (χ2v) is 12.5. The van der Waals surface area contributed by atoms with Gasteiger partial charge in [-0.2, -0.15) is 0 Å². The molecule has 0 aliphatic heterocycles. The molecular weight excluding hydrogens is 565 g/mol. The van der Waals surface area contributed by atoms with Crippen molar-refractivity contribution in [1.29, 1.82) is 0 Å². The van der Waals surface area contributed by atoms with Gasteiger partial charge in [0.1, 0.15) is 18.4 Å². The van der Waals surface area contributed by atoms with E-state index in [-0.39, 0.29) is 29.1 Å². The third-order valence-electron chi connectivity index (χ3n) is 7.36. The van der Waals surface area contributed by atoms with Crippen LogP contribution in [0, 0.1) is 5.82 Å². The maximum atomic E-state index is 14.1. The number of carbonyl (C=O) groups is 2. The van der Waals surface area contributed by atoms with Gasteiger partial charge in [0.2, 0.25) is 11.8 Å². The number of amides is 2. The van der Waals surface area contributed by atoms with E-state index >= 15 is 0 Å². The minimum atomic E-state index is -4.26. The summed E-state index contributed by atoms with van der Waals surface area (Å²) in [6.07, 6.45) is 5.31. The summed E-state index contributed by atoms with van der Waals surface area (Å²) in [5.41, 5.74) is 0.904. The van der Waals surface area contributed by atoms with E-state index in [2.05, 4.69) is 5.32 Å². The summed E-state index contributed by atoms with van der Waals surface area (Å²) in [6, 6.07) is 18.9. The van der Waals surface area contributed by atoms with Gasteiger partial charge in [-0.3, -0.25) is 13.9 Å². The van der Waals surface area contributed by atoms with Crippen LogP contribution in [-0.2, 0) is 26.2 Å². The number of para-hydroxylation sites is 1. The zero-order chi connectivity index (χ0) is 29.4. The van der Waals surface area contributed by atoms with Gasteiger partial charge < -0.3 is 10.2 Å². The number of hydrogen-bond acceptors (Lipinski definition) is 4. The minimum absolute atomic E-state index is 0.0221. The van der Waals surface area contributed by atoms with Gasteiger partial charge in [0.15, 0.2) is 0 Å². The fraction of sp³-hybridized carbons (Fsp3) is 0.355. The molecule has 0 radical (unpaired) electrons. The monoisotopic (exact) mass is 599 g/mol. The molecule has 1 aliphatic carbocycles. The van der Waals surface area contributed by atoms with Crippen LogP contribution >= 0.6 is 11.6 Å². The Bertz CT molecular complexity index is 1430. The van der Waals surface area contributed by atoms with Crippen LogP contribution in [0.15, 0.2) is 83.8 Å². The number of halogens is 2. The summed E-state index contributed by atoms with van der Waals surface area (Å²) < 4.78 is 42.2. The topological polar surface area (TPSA) is 86.8 Å². The molecule has 4 rings (SSSR count). The quantitative estimate of drug-likeness (QED) is 0.296. The van der Waals surface area contributed by atoms with Gasteiger partial charge in [-0.25, -0.2) is 12.8 Å². The number of anilines is 1. The van der Waals surface area contributed by atoms with Gasteiger partial charge in [-0.1, -0.05) is 74.2 Å². The largest absolute Gasteiger partial charge is 0.352 e. The average molecular weight is 600 g/mol. The van der Waals surface area contributed by atoms with Crippen LogP contribution in [-0.4, -0.2) is 43.8 Å².